The Kier molecular flexibility index (Phi) is 3.84. The number of aliphatic hydroxyl groups is 1. The van der Waals surface area contributed by atoms with Gasteiger partial charge in [-0.1, -0.05) is 0 Å². The number of carbonyl (C=O) groups is 1. The molecule has 0 radical (unpaired) electrons. The zero-order valence-electron chi connectivity index (χ0n) is 10.1. The number of nitrogens with zero attached hydrogens (tertiary/aromatic N) is 1. The van der Waals surface area contributed by atoms with E-state index in [4.69, 9.17) is 4.42 Å². The quantitative estimate of drug-likeness (QED) is 0.875. The minimum Gasteiger partial charge on any atom is -0.472 e. The fraction of sp³-hybridized carbons (Fsp3) is 0.615. The highest BCUT2D eigenvalue weighted by molar-refractivity contribution is 5.94. The number of aliphatic hydroxyl groups excluding tert-OH is 1. The second-order valence-corrected chi connectivity index (χ2v) is 4.74. The smallest absolute Gasteiger partial charge is 0.257 e. The van der Waals surface area contributed by atoms with E-state index in [-0.39, 0.29) is 18.1 Å². The number of hydrogen-bond donors (Lipinski definition) is 1. The Morgan fingerprint density at radius 2 is 2.47 bits per heavy atom. The van der Waals surface area contributed by atoms with Gasteiger partial charge in [0.15, 0.2) is 0 Å². The number of amides is 1. The second-order valence-electron chi connectivity index (χ2n) is 4.74. The molecular formula is C13H19NO3. The molecule has 0 saturated carbocycles. The normalized spacial score (nSPS) is 22.5. The average Bonchev–Trinajstić information content (AvgIpc) is 2.81. The van der Waals surface area contributed by atoms with Crippen molar-refractivity contribution < 1.29 is 14.3 Å². The Bertz CT molecular complexity index is 359. The molecule has 1 fully saturated rings. The molecule has 1 aliphatic rings. The summed E-state index contributed by atoms with van der Waals surface area (Å²) >= 11 is 0. The van der Waals surface area contributed by atoms with Crippen LogP contribution in [0.25, 0.3) is 0 Å². The molecule has 1 aliphatic heterocycles. The molecular weight excluding hydrogens is 218 g/mol. The van der Waals surface area contributed by atoms with Crippen molar-refractivity contribution in [3.63, 3.8) is 0 Å². The molecule has 0 spiro atoms. The van der Waals surface area contributed by atoms with Crippen LogP contribution in [0.3, 0.4) is 0 Å². The van der Waals surface area contributed by atoms with Crippen molar-refractivity contribution >= 4 is 5.91 Å². The van der Waals surface area contributed by atoms with Crippen LogP contribution in [0, 0.1) is 0 Å². The second kappa shape index (κ2) is 5.36. The number of rotatable bonds is 3. The maximum atomic E-state index is 12.2. The number of furan rings is 1. The summed E-state index contributed by atoms with van der Waals surface area (Å²) in [4.78, 5) is 14.1. The van der Waals surface area contributed by atoms with Crippen LogP contribution in [0.2, 0.25) is 0 Å². The minimum absolute atomic E-state index is 0.0177. The van der Waals surface area contributed by atoms with Crippen molar-refractivity contribution in [2.75, 3.05) is 6.54 Å². The van der Waals surface area contributed by atoms with Gasteiger partial charge >= 0.3 is 0 Å². The Morgan fingerprint density at radius 1 is 1.65 bits per heavy atom. The van der Waals surface area contributed by atoms with Crippen LogP contribution in [-0.4, -0.2) is 34.6 Å². The maximum absolute atomic E-state index is 12.2. The standard InChI is InChI=1S/C13H19NO3/c1-10(15)8-12-4-2-3-6-14(12)13(16)11-5-7-17-9-11/h5,7,9-10,12,15H,2-4,6,8H2,1H3. The topological polar surface area (TPSA) is 53.7 Å². The van der Waals surface area contributed by atoms with E-state index in [1.165, 1.54) is 12.5 Å². The van der Waals surface area contributed by atoms with Gasteiger partial charge in [-0.05, 0) is 38.7 Å². The molecule has 4 nitrogen and oxygen atoms in total. The highest BCUT2D eigenvalue weighted by atomic mass is 16.3. The van der Waals surface area contributed by atoms with E-state index in [0.29, 0.717) is 12.0 Å². The van der Waals surface area contributed by atoms with Crippen molar-refractivity contribution in [2.24, 2.45) is 0 Å². The number of hydrogen-bond acceptors (Lipinski definition) is 3. The zero-order valence-corrected chi connectivity index (χ0v) is 10.1. The van der Waals surface area contributed by atoms with Gasteiger partial charge in [-0.2, -0.15) is 0 Å². The Hall–Kier alpha value is -1.29. The third kappa shape index (κ3) is 2.88. The summed E-state index contributed by atoms with van der Waals surface area (Å²) in [5.41, 5.74) is 0.600. The van der Waals surface area contributed by atoms with Gasteiger partial charge in [0.25, 0.3) is 5.91 Å². The van der Waals surface area contributed by atoms with Crippen LogP contribution >= 0.6 is 0 Å². The summed E-state index contributed by atoms with van der Waals surface area (Å²) in [6.45, 7) is 2.55. The summed E-state index contributed by atoms with van der Waals surface area (Å²) < 4.78 is 4.95. The fourth-order valence-electron chi connectivity index (χ4n) is 2.46. The summed E-state index contributed by atoms with van der Waals surface area (Å²) in [5, 5.41) is 9.48. The fourth-order valence-corrected chi connectivity index (χ4v) is 2.46. The summed E-state index contributed by atoms with van der Waals surface area (Å²) in [5.74, 6) is 0.0177. The average molecular weight is 237 g/mol. The van der Waals surface area contributed by atoms with Gasteiger partial charge in [0.1, 0.15) is 6.26 Å². The Balaban J connectivity index is 2.08. The molecule has 1 amide bonds. The summed E-state index contributed by atoms with van der Waals surface area (Å²) in [7, 11) is 0. The lowest BCUT2D eigenvalue weighted by atomic mass is 9.96. The first-order chi connectivity index (χ1) is 8.18. The van der Waals surface area contributed by atoms with E-state index in [1.807, 2.05) is 4.90 Å². The van der Waals surface area contributed by atoms with Gasteiger partial charge < -0.3 is 14.4 Å². The Morgan fingerprint density at radius 3 is 3.12 bits per heavy atom. The molecule has 0 aliphatic carbocycles. The van der Waals surface area contributed by atoms with E-state index in [2.05, 4.69) is 0 Å². The molecule has 0 bridgehead atoms. The van der Waals surface area contributed by atoms with E-state index < -0.39 is 0 Å². The van der Waals surface area contributed by atoms with Crippen LogP contribution in [0.15, 0.2) is 23.0 Å². The van der Waals surface area contributed by atoms with Gasteiger partial charge in [0.2, 0.25) is 0 Å². The highest BCUT2D eigenvalue weighted by Gasteiger charge is 2.28. The zero-order chi connectivity index (χ0) is 12.3. The number of piperidine rings is 1. The van der Waals surface area contributed by atoms with Gasteiger partial charge in [-0.25, -0.2) is 0 Å². The highest BCUT2D eigenvalue weighted by Crippen LogP contribution is 2.23. The molecule has 17 heavy (non-hydrogen) atoms. The third-order valence-corrected chi connectivity index (χ3v) is 3.27. The molecule has 2 unspecified atom stereocenters. The Labute approximate surface area is 101 Å². The van der Waals surface area contributed by atoms with E-state index in [0.717, 1.165) is 25.8 Å². The lowest BCUT2D eigenvalue weighted by Gasteiger charge is -2.36. The lowest BCUT2D eigenvalue weighted by molar-refractivity contribution is 0.0514. The first-order valence-corrected chi connectivity index (χ1v) is 6.19. The molecule has 94 valence electrons. The monoisotopic (exact) mass is 237 g/mol. The number of likely N-dealkylation sites (tertiary alicyclic amines) is 1. The van der Waals surface area contributed by atoms with Crippen LogP contribution < -0.4 is 0 Å². The molecule has 1 aromatic heterocycles. The molecule has 1 saturated heterocycles. The summed E-state index contributed by atoms with van der Waals surface area (Å²) in [6, 6.07) is 1.85. The van der Waals surface area contributed by atoms with Gasteiger partial charge in [0, 0.05) is 12.6 Å². The van der Waals surface area contributed by atoms with Crippen molar-refractivity contribution in [3.8, 4) is 0 Å². The first-order valence-electron chi connectivity index (χ1n) is 6.19. The predicted molar refractivity (Wildman–Crippen MR) is 63.7 cm³/mol. The van der Waals surface area contributed by atoms with Gasteiger partial charge in [0.05, 0.1) is 17.9 Å². The SMILES string of the molecule is CC(O)CC1CCCCN1C(=O)c1ccoc1. The van der Waals surface area contributed by atoms with E-state index >= 15 is 0 Å². The molecule has 4 heteroatoms. The maximum Gasteiger partial charge on any atom is 0.257 e. The van der Waals surface area contributed by atoms with E-state index in [1.54, 1.807) is 13.0 Å². The van der Waals surface area contributed by atoms with Crippen LogP contribution in [0.4, 0.5) is 0 Å². The molecule has 2 rings (SSSR count). The molecule has 0 aromatic carbocycles. The number of carbonyl (C=O) groups excluding carboxylic acids is 1. The first kappa shape index (κ1) is 12.2. The molecule has 1 N–H and O–H groups in total. The van der Waals surface area contributed by atoms with Crippen LogP contribution in [0.1, 0.15) is 43.0 Å². The van der Waals surface area contributed by atoms with Gasteiger partial charge in [-0.15, -0.1) is 0 Å². The van der Waals surface area contributed by atoms with Gasteiger partial charge in [-0.3, -0.25) is 4.79 Å². The lowest BCUT2D eigenvalue weighted by Crippen LogP contribution is -2.44. The van der Waals surface area contributed by atoms with Crippen LogP contribution in [-0.2, 0) is 0 Å². The van der Waals surface area contributed by atoms with E-state index in [9.17, 15) is 9.90 Å². The largest absolute Gasteiger partial charge is 0.472 e. The molecule has 1 aromatic rings. The van der Waals surface area contributed by atoms with Crippen LogP contribution in [0.5, 0.6) is 0 Å². The predicted octanol–water partition coefficient (Wildman–Crippen LogP) is 2.05. The van der Waals surface area contributed by atoms with Crippen molar-refractivity contribution in [1.29, 1.82) is 0 Å². The summed E-state index contributed by atoms with van der Waals surface area (Å²) in [6.07, 6.45) is 6.44. The molecule has 2 atom stereocenters. The van der Waals surface area contributed by atoms with Crippen molar-refractivity contribution in [3.05, 3.63) is 24.2 Å². The van der Waals surface area contributed by atoms with Crippen molar-refractivity contribution in [1.82, 2.24) is 4.90 Å². The van der Waals surface area contributed by atoms with Crippen molar-refractivity contribution in [2.45, 2.75) is 44.8 Å². The minimum atomic E-state index is -0.363. The molecule has 2 heterocycles. The third-order valence-electron chi connectivity index (χ3n) is 3.27.